The minimum absolute atomic E-state index is 0.0527. The van der Waals surface area contributed by atoms with Gasteiger partial charge in [-0.15, -0.1) is 0 Å². The first kappa shape index (κ1) is 10.6. The van der Waals surface area contributed by atoms with Gasteiger partial charge in [-0.1, -0.05) is 23.2 Å². The molecule has 72 valence electrons. The third-order valence-electron chi connectivity index (χ3n) is 1.48. The third kappa shape index (κ3) is 3.07. The van der Waals surface area contributed by atoms with E-state index in [4.69, 9.17) is 33.0 Å². The van der Waals surface area contributed by atoms with Crippen molar-refractivity contribution in [3.8, 4) is 5.75 Å². The molecule has 0 spiro atoms. The number of hydrogen-bond acceptors (Lipinski definition) is 2. The Morgan fingerprint density at radius 2 is 2.15 bits per heavy atom. The fourth-order valence-electron chi connectivity index (χ4n) is 0.822. The fourth-order valence-corrected chi connectivity index (χ4v) is 1.15. The normalized spacial score (nSPS) is 12.6. The van der Waals surface area contributed by atoms with Crippen LogP contribution in [-0.2, 0) is 0 Å². The van der Waals surface area contributed by atoms with Crippen LogP contribution in [0.2, 0.25) is 10.0 Å². The van der Waals surface area contributed by atoms with Gasteiger partial charge in [-0.05, 0) is 19.1 Å². The van der Waals surface area contributed by atoms with Crippen LogP contribution in [0.25, 0.3) is 0 Å². The summed E-state index contributed by atoms with van der Waals surface area (Å²) in [6.45, 7) is 1.69. The van der Waals surface area contributed by atoms with Crippen molar-refractivity contribution in [2.24, 2.45) is 0 Å². The summed E-state index contributed by atoms with van der Waals surface area (Å²) in [5.41, 5.74) is 0. The second kappa shape index (κ2) is 4.70. The predicted molar refractivity (Wildman–Crippen MR) is 53.6 cm³/mol. The second-order valence-corrected chi connectivity index (χ2v) is 3.53. The molecular formula is C9H10Cl2O2. The largest absolute Gasteiger partial charge is 0.487 e. The van der Waals surface area contributed by atoms with Gasteiger partial charge in [0.25, 0.3) is 0 Å². The Hall–Kier alpha value is -0.440. The van der Waals surface area contributed by atoms with Gasteiger partial charge in [0.2, 0.25) is 0 Å². The van der Waals surface area contributed by atoms with Crippen LogP contribution in [0.4, 0.5) is 0 Å². The standard InChI is InChI=1S/C9H10Cl2O2/c1-6(5-12)13-9-4-7(10)2-3-8(9)11/h2-4,6,12H,5H2,1H3. The Morgan fingerprint density at radius 1 is 1.46 bits per heavy atom. The topological polar surface area (TPSA) is 29.5 Å². The molecule has 0 fully saturated rings. The first-order valence-corrected chi connectivity index (χ1v) is 4.61. The maximum atomic E-state index is 8.76. The minimum Gasteiger partial charge on any atom is -0.487 e. The molecule has 0 aromatic heterocycles. The Bertz CT molecular complexity index is 289. The van der Waals surface area contributed by atoms with E-state index in [9.17, 15) is 0 Å². The average molecular weight is 221 g/mol. The first-order valence-electron chi connectivity index (χ1n) is 3.86. The van der Waals surface area contributed by atoms with Crippen LogP contribution in [0.1, 0.15) is 6.92 Å². The summed E-state index contributed by atoms with van der Waals surface area (Å²) in [6.07, 6.45) is -0.282. The fraction of sp³-hybridized carbons (Fsp3) is 0.333. The number of benzene rings is 1. The van der Waals surface area contributed by atoms with E-state index < -0.39 is 0 Å². The number of hydrogen-bond donors (Lipinski definition) is 1. The Labute approximate surface area is 87.0 Å². The zero-order chi connectivity index (χ0) is 9.84. The molecule has 0 aliphatic rings. The van der Waals surface area contributed by atoms with Crippen molar-refractivity contribution in [2.75, 3.05) is 6.61 Å². The van der Waals surface area contributed by atoms with E-state index in [1.54, 1.807) is 25.1 Å². The lowest BCUT2D eigenvalue weighted by Gasteiger charge is -2.13. The minimum atomic E-state index is -0.282. The van der Waals surface area contributed by atoms with E-state index in [0.29, 0.717) is 15.8 Å². The van der Waals surface area contributed by atoms with Crippen LogP contribution in [0.5, 0.6) is 5.75 Å². The molecule has 0 aliphatic carbocycles. The number of ether oxygens (including phenoxy) is 1. The molecule has 0 saturated heterocycles. The predicted octanol–water partition coefficient (Wildman–Crippen LogP) is 2.75. The van der Waals surface area contributed by atoms with Crippen molar-refractivity contribution in [3.63, 3.8) is 0 Å². The highest BCUT2D eigenvalue weighted by Gasteiger charge is 2.06. The van der Waals surface area contributed by atoms with Crippen molar-refractivity contribution in [1.82, 2.24) is 0 Å². The van der Waals surface area contributed by atoms with Gasteiger partial charge >= 0.3 is 0 Å². The monoisotopic (exact) mass is 220 g/mol. The average Bonchev–Trinajstić information content (AvgIpc) is 2.11. The molecule has 1 unspecified atom stereocenters. The zero-order valence-electron chi connectivity index (χ0n) is 7.13. The number of aliphatic hydroxyl groups excluding tert-OH is 1. The Kier molecular flexibility index (Phi) is 3.85. The van der Waals surface area contributed by atoms with Gasteiger partial charge in [-0.25, -0.2) is 0 Å². The molecule has 1 aromatic carbocycles. The van der Waals surface area contributed by atoms with Crippen molar-refractivity contribution < 1.29 is 9.84 Å². The van der Waals surface area contributed by atoms with Crippen molar-refractivity contribution in [2.45, 2.75) is 13.0 Å². The van der Waals surface area contributed by atoms with E-state index in [1.807, 2.05) is 0 Å². The van der Waals surface area contributed by atoms with Gasteiger partial charge in [-0.2, -0.15) is 0 Å². The lowest BCUT2D eigenvalue weighted by molar-refractivity contribution is 0.130. The highest BCUT2D eigenvalue weighted by molar-refractivity contribution is 6.34. The molecule has 2 nitrogen and oxygen atoms in total. The summed E-state index contributed by atoms with van der Waals surface area (Å²) >= 11 is 11.6. The van der Waals surface area contributed by atoms with E-state index in [1.165, 1.54) is 0 Å². The molecule has 1 N–H and O–H groups in total. The maximum Gasteiger partial charge on any atom is 0.139 e. The second-order valence-electron chi connectivity index (χ2n) is 2.69. The summed E-state index contributed by atoms with van der Waals surface area (Å²) < 4.78 is 5.31. The Morgan fingerprint density at radius 3 is 2.77 bits per heavy atom. The van der Waals surface area contributed by atoms with E-state index in [-0.39, 0.29) is 12.7 Å². The van der Waals surface area contributed by atoms with Gasteiger partial charge in [0.1, 0.15) is 11.9 Å². The molecule has 0 amide bonds. The smallest absolute Gasteiger partial charge is 0.139 e. The molecule has 0 heterocycles. The number of rotatable bonds is 3. The zero-order valence-corrected chi connectivity index (χ0v) is 8.64. The summed E-state index contributed by atoms with van der Waals surface area (Å²) in [7, 11) is 0. The summed E-state index contributed by atoms with van der Waals surface area (Å²) in [4.78, 5) is 0. The van der Waals surface area contributed by atoms with Crippen LogP contribution < -0.4 is 4.74 Å². The SMILES string of the molecule is CC(CO)Oc1cc(Cl)ccc1Cl. The molecule has 1 atom stereocenters. The highest BCUT2D eigenvalue weighted by atomic mass is 35.5. The van der Waals surface area contributed by atoms with Crippen LogP contribution in [0, 0.1) is 0 Å². The molecule has 13 heavy (non-hydrogen) atoms. The molecular weight excluding hydrogens is 211 g/mol. The number of aliphatic hydroxyl groups is 1. The summed E-state index contributed by atoms with van der Waals surface area (Å²) in [5.74, 6) is 0.496. The van der Waals surface area contributed by atoms with Gasteiger partial charge in [0.05, 0.1) is 11.6 Å². The quantitative estimate of drug-likeness (QED) is 0.850. The van der Waals surface area contributed by atoms with Crippen molar-refractivity contribution in [3.05, 3.63) is 28.2 Å². The van der Waals surface area contributed by atoms with E-state index in [0.717, 1.165) is 0 Å². The molecule has 1 rings (SSSR count). The number of halogens is 2. The van der Waals surface area contributed by atoms with Gasteiger partial charge in [0.15, 0.2) is 0 Å². The molecule has 1 aromatic rings. The van der Waals surface area contributed by atoms with Crippen molar-refractivity contribution in [1.29, 1.82) is 0 Å². The first-order chi connectivity index (χ1) is 6.13. The summed E-state index contributed by atoms with van der Waals surface area (Å²) in [6, 6.07) is 4.96. The van der Waals surface area contributed by atoms with Crippen LogP contribution >= 0.6 is 23.2 Å². The molecule has 0 bridgehead atoms. The van der Waals surface area contributed by atoms with Gasteiger partial charge in [-0.3, -0.25) is 0 Å². The molecule has 0 aliphatic heterocycles. The molecule has 4 heteroatoms. The van der Waals surface area contributed by atoms with Crippen LogP contribution in [-0.4, -0.2) is 17.8 Å². The summed E-state index contributed by atoms with van der Waals surface area (Å²) in [5, 5.41) is 9.81. The highest BCUT2D eigenvalue weighted by Crippen LogP contribution is 2.28. The van der Waals surface area contributed by atoms with Crippen LogP contribution in [0.15, 0.2) is 18.2 Å². The lowest BCUT2D eigenvalue weighted by atomic mass is 10.3. The molecule has 0 saturated carbocycles. The van der Waals surface area contributed by atoms with E-state index >= 15 is 0 Å². The maximum absolute atomic E-state index is 8.76. The van der Waals surface area contributed by atoms with Gasteiger partial charge in [0, 0.05) is 11.1 Å². The lowest BCUT2D eigenvalue weighted by Crippen LogP contribution is -2.16. The van der Waals surface area contributed by atoms with Crippen molar-refractivity contribution >= 4 is 23.2 Å². The van der Waals surface area contributed by atoms with E-state index in [2.05, 4.69) is 0 Å². The Balaban J connectivity index is 2.81. The third-order valence-corrected chi connectivity index (χ3v) is 2.03. The van der Waals surface area contributed by atoms with Gasteiger partial charge < -0.3 is 9.84 Å². The van der Waals surface area contributed by atoms with Crippen LogP contribution in [0.3, 0.4) is 0 Å². The molecule has 0 radical (unpaired) electrons.